The summed E-state index contributed by atoms with van der Waals surface area (Å²) < 4.78 is 0. The topological polar surface area (TPSA) is 41.1 Å². The van der Waals surface area contributed by atoms with Crippen molar-refractivity contribution in [2.24, 2.45) is 0 Å². The first kappa shape index (κ1) is 14.7. The molecule has 3 nitrogen and oxygen atoms in total. The molecule has 0 aliphatic carbocycles. The zero-order valence-corrected chi connectivity index (χ0v) is 12.2. The van der Waals surface area contributed by atoms with Crippen molar-refractivity contribution in [1.82, 2.24) is 0 Å². The monoisotopic (exact) mass is 308 g/mol. The molecule has 2 rings (SSSR count). The van der Waals surface area contributed by atoms with Crippen molar-refractivity contribution in [3.8, 4) is 0 Å². The summed E-state index contributed by atoms with van der Waals surface area (Å²) in [5, 5.41) is 6.97. The van der Waals surface area contributed by atoms with E-state index in [1.807, 2.05) is 30.3 Å². The third-order valence-corrected chi connectivity index (χ3v) is 3.30. The van der Waals surface area contributed by atoms with Crippen molar-refractivity contribution in [3.05, 3.63) is 58.6 Å². The SMILES string of the molecule is O=C(CCNc1c(Cl)cccc1Cl)Nc1ccccc1. The van der Waals surface area contributed by atoms with E-state index in [1.165, 1.54) is 0 Å². The second kappa shape index (κ2) is 7.17. The maximum absolute atomic E-state index is 11.8. The highest BCUT2D eigenvalue weighted by Gasteiger charge is 2.06. The maximum atomic E-state index is 11.8. The third-order valence-electron chi connectivity index (χ3n) is 2.67. The van der Waals surface area contributed by atoms with E-state index < -0.39 is 0 Å². The van der Waals surface area contributed by atoms with Gasteiger partial charge >= 0.3 is 0 Å². The Morgan fingerprint density at radius 3 is 2.25 bits per heavy atom. The molecule has 0 fully saturated rings. The predicted octanol–water partition coefficient (Wildman–Crippen LogP) is 4.43. The average molecular weight is 309 g/mol. The van der Waals surface area contributed by atoms with Crippen molar-refractivity contribution >= 4 is 40.5 Å². The number of hydrogen-bond donors (Lipinski definition) is 2. The summed E-state index contributed by atoms with van der Waals surface area (Å²) in [6, 6.07) is 14.6. The molecule has 2 aromatic rings. The highest BCUT2D eigenvalue weighted by atomic mass is 35.5. The van der Waals surface area contributed by atoms with Crippen molar-refractivity contribution in [2.75, 3.05) is 17.2 Å². The fraction of sp³-hybridized carbons (Fsp3) is 0.133. The number of benzene rings is 2. The maximum Gasteiger partial charge on any atom is 0.226 e. The van der Waals surface area contributed by atoms with Gasteiger partial charge in [0.25, 0.3) is 0 Å². The Balaban J connectivity index is 1.83. The van der Waals surface area contributed by atoms with Crippen LogP contribution in [-0.4, -0.2) is 12.5 Å². The fourth-order valence-corrected chi connectivity index (χ4v) is 2.24. The molecule has 0 saturated carbocycles. The fourth-order valence-electron chi connectivity index (χ4n) is 1.71. The lowest BCUT2D eigenvalue weighted by molar-refractivity contribution is -0.115. The lowest BCUT2D eigenvalue weighted by Gasteiger charge is -2.10. The quantitative estimate of drug-likeness (QED) is 0.857. The van der Waals surface area contributed by atoms with Crippen LogP contribution in [0.5, 0.6) is 0 Å². The Morgan fingerprint density at radius 2 is 1.60 bits per heavy atom. The van der Waals surface area contributed by atoms with Gasteiger partial charge in [0.2, 0.25) is 5.91 Å². The van der Waals surface area contributed by atoms with Gasteiger partial charge in [0.05, 0.1) is 15.7 Å². The van der Waals surface area contributed by atoms with Gasteiger partial charge < -0.3 is 10.6 Å². The molecule has 0 unspecified atom stereocenters. The summed E-state index contributed by atoms with van der Waals surface area (Å²) in [5.74, 6) is -0.0631. The molecule has 0 aliphatic heterocycles. The number of hydrogen-bond acceptors (Lipinski definition) is 2. The molecule has 20 heavy (non-hydrogen) atoms. The van der Waals surface area contributed by atoms with Crippen LogP contribution in [0.1, 0.15) is 6.42 Å². The van der Waals surface area contributed by atoms with Gasteiger partial charge in [-0.05, 0) is 24.3 Å². The molecule has 0 aliphatic rings. The summed E-state index contributed by atoms with van der Waals surface area (Å²) in [4.78, 5) is 11.8. The Hall–Kier alpha value is -1.71. The minimum atomic E-state index is -0.0631. The van der Waals surface area contributed by atoms with Crippen LogP contribution >= 0.6 is 23.2 Å². The third kappa shape index (κ3) is 4.15. The van der Waals surface area contributed by atoms with E-state index in [-0.39, 0.29) is 5.91 Å². The first-order valence-corrected chi connectivity index (χ1v) is 6.95. The largest absolute Gasteiger partial charge is 0.382 e. The first-order valence-electron chi connectivity index (χ1n) is 6.19. The highest BCUT2D eigenvalue weighted by molar-refractivity contribution is 6.39. The number of halogens is 2. The molecule has 5 heteroatoms. The molecule has 0 atom stereocenters. The molecule has 0 bridgehead atoms. The van der Waals surface area contributed by atoms with Crippen molar-refractivity contribution in [2.45, 2.75) is 6.42 Å². The van der Waals surface area contributed by atoms with Crippen LogP contribution in [-0.2, 0) is 4.79 Å². The molecule has 1 amide bonds. The number of amides is 1. The Kier molecular flexibility index (Phi) is 5.27. The lowest BCUT2D eigenvalue weighted by atomic mass is 10.3. The number of anilines is 2. The Bertz CT molecular complexity index is 567. The van der Waals surface area contributed by atoms with E-state index in [0.29, 0.717) is 28.7 Å². The number of rotatable bonds is 5. The number of para-hydroxylation sites is 2. The van der Waals surface area contributed by atoms with Gasteiger partial charge in [-0.1, -0.05) is 47.5 Å². The predicted molar refractivity (Wildman–Crippen MR) is 84.6 cm³/mol. The highest BCUT2D eigenvalue weighted by Crippen LogP contribution is 2.29. The summed E-state index contributed by atoms with van der Waals surface area (Å²) in [6.07, 6.45) is 0.330. The number of nitrogens with one attached hydrogen (secondary N) is 2. The molecule has 0 saturated heterocycles. The number of carbonyl (C=O) groups excluding carboxylic acids is 1. The van der Waals surface area contributed by atoms with Crippen molar-refractivity contribution in [3.63, 3.8) is 0 Å². The van der Waals surface area contributed by atoms with Gasteiger partial charge in [-0.3, -0.25) is 4.79 Å². The van der Waals surface area contributed by atoms with Gasteiger partial charge in [-0.25, -0.2) is 0 Å². The molecular weight excluding hydrogens is 295 g/mol. The molecule has 0 spiro atoms. The van der Waals surface area contributed by atoms with Gasteiger partial charge in [0.1, 0.15) is 0 Å². The molecular formula is C15H14Cl2N2O. The molecule has 104 valence electrons. The van der Waals surface area contributed by atoms with Crippen molar-refractivity contribution < 1.29 is 4.79 Å². The zero-order chi connectivity index (χ0) is 14.4. The van der Waals surface area contributed by atoms with E-state index in [9.17, 15) is 4.79 Å². The summed E-state index contributed by atoms with van der Waals surface area (Å²) in [5.41, 5.74) is 1.44. The van der Waals surface area contributed by atoms with Crippen LogP contribution < -0.4 is 10.6 Å². The van der Waals surface area contributed by atoms with Crippen LogP contribution in [0, 0.1) is 0 Å². The Labute approximate surface area is 127 Å². The standard InChI is InChI=1S/C15H14Cl2N2O/c16-12-7-4-8-13(17)15(12)18-10-9-14(20)19-11-5-2-1-3-6-11/h1-8,18H,9-10H2,(H,19,20). The average Bonchev–Trinajstić information content (AvgIpc) is 2.43. The first-order chi connectivity index (χ1) is 9.66. The van der Waals surface area contributed by atoms with Crippen LogP contribution in [0.2, 0.25) is 10.0 Å². The van der Waals surface area contributed by atoms with Gasteiger partial charge in [0.15, 0.2) is 0 Å². The summed E-state index contributed by atoms with van der Waals surface area (Å²) in [6.45, 7) is 0.460. The van der Waals surface area contributed by atoms with E-state index in [1.54, 1.807) is 18.2 Å². The van der Waals surface area contributed by atoms with Crippen LogP contribution in [0.15, 0.2) is 48.5 Å². The lowest BCUT2D eigenvalue weighted by Crippen LogP contribution is -2.16. The summed E-state index contributed by atoms with van der Waals surface area (Å²) in [7, 11) is 0. The second-order valence-electron chi connectivity index (χ2n) is 4.19. The van der Waals surface area contributed by atoms with Gasteiger partial charge in [0, 0.05) is 18.7 Å². The minimum absolute atomic E-state index is 0.0631. The molecule has 0 aromatic heterocycles. The zero-order valence-electron chi connectivity index (χ0n) is 10.7. The van der Waals surface area contributed by atoms with Gasteiger partial charge in [-0.15, -0.1) is 0 Å². The van der Waals surface area contributed by atoms with E-state index in [4.69, 9.17) is 23.2 Å². The molecule has 0 heterocycles. The van der Waals surface area contributed by atoms with Crippen molar-refractivity contribution in [1.29, 1.82) is 0 Å². The molecule has 2 N–H and O–H groups in total. The normalized spacial score (nSPS) is 10.1. The van der Waals surface area contributed by atoms with Crippen LogP contribution in [0.3, 0.4) is 0 Å². The smallest absolute Gasteiger partial charge is 0.226 e. The second-order valence-corrected chi connectivity index (χ2v) is 5.00. The van der Waals surface area contributed by atoms with E-state index in [2.05, 4.69) is 10.6 Å². The van der Waals surface area contributed by atoms with Crippen LogP contribution in [0.25, 0.3) is 0 Å². The number of carbonyl (C=O) groups is 1. The van der Waals surface area contributed by atoms with E-state index in [0.717, 1.165) is 5.69 Å². The van der Waals surface area contributed by atoms with Crippen LogP contribution in [0.4, 0.5) is 11.4 Å². The minimum Gasteiger partial charge on any atom is -0.382 e. The van der Waals surface area contributed by atoms with E-state index >= 15 is 0 Å². The molecule has 2 aromatic carbocycles. The Morgan fingerprint density at radius 1 is 0.950 bits per heavy atom. The summed E-state index contributed by atoms with van der Waals surface area (Å²) >= 11 is 12.1. The van der Waals surface area contributed by atoms with Gasteiger partial charge in [-0.2, -0.15) is 0 Å². The molecule has 0 radical (unpaired) electrons.